The fourth-order valence-electron chi connectivity index (χ4n) is 3.58. The Bertz CT molecular complexity index is 1090. The number of carbonyl (C=O) groups is 1. The number of rotatable bonds is 3. The zero-order chi connectivity index (χ0) is 20.7. The highest BCUT2D eigenvalue weighted by Crippen LogP contribution is 2.32. The molecule has 3 heterocycles. The van der Waals surface area contributed by atoms with E-state index in [1.807, 2.05) is 0 Å². The van der Waals surface area contributed by atoms with Crippen LogP contribution in [0.1, 0.15) is 21.6 Å². The number of methoxy groups -OCH3 is 1. The molecule has 0 spiro atoms. The van der Waals surface area contributed by atoms with Crippen LogP contribution in [0.2, 0.25) is 0 Å². The molecule has 0 N–H and O–H groups in total. The fraction of sp³-hybridized carbons (Fsp3) is 0.250. The predicted octanol–water partition coefficient (Wildman–Crippen LogP) is 3.11. The number of nitrogens with zero attached hydrogens (tertiary/aromatic N) is 4. The molecule has 0 aliphatic carbocycles. The molecular formula is C20H17F3N4O2. The van der Waals surface area contributed by atoms with E-state index in [9.17, 15) is 18.0 Å². The number of fused-ring (bicyclic) bond motifs is 1. The molecule has 0 unspecified atom stereocenters. The molecule has 0 fully saturated rings. The van der Waals surface area contributed by atoms with Crippen molar-refractivity contribution in [2.24, 2.45) is 7.05 Å². The molecule has 0 saturated heterocycles. The number of amides is 1. The van der Waals surface area contributed by atoms with Crippen molar-refractivity contribution in [3.63, 3.8) is 0 Å². The van der Waals surface area contributed by atoms with Gasteiger partial charge in [-0.05, 0) is 24.6 Å². The first-order valence-electron chi connectivity index (χ1n) is 8.88. The average molecular weight is 402 g/mol. The minimum atomic E-state index is -1.51. The van der Waals surface area contributed by atoms with Crippen molar-refractivity contribution in [1.82, 2.24) is 19.7 Å². The monoisotopic (exact) mass is 402 g/mol. The highest BCUT2D eigenvalue weighted by atomic mass is 19.2. The van der Waals surface area contributed by atoms with Crippen molar-refractivity contribution < 1.29 is 22.7 Å². The topological polar surface area (TPSA) is 60.2 Å². The van der Waals surface area contributed by atoms with E-state index in [0.29, 0.717) is 35.8 Å². The second-order valence-corrected chi connectivity index (χ2v) is 6.71. The summed E-state index contributed by atoms with van der Waals surface area (Å²) in [5.74, 6) is -3.87. The Morgan fingerprint density at radius 2 is 1.90 bits per heavy atom. The van der Waals surface area contributed by atoms with E-state index in [0.717, 1.165) is 17.7 Å². The van der Waals surface area contributed by atoms with E-state index < -0.39 is 17.5 Å². The molecule has 0 atom stereocenters. The van der Waals surface area contributed by atoms with Gasteiger partial charge in [-0.25, -0.2) is 18.2 Å². The van der Waals surface area contributed by atoms with Crippen LogP contribution in [0.4, 0.5) is 13.2 Å². The SMILES string of the molecule is COc1cc(C(=O)N2CCc3c(nn(C)c3-c3cc(F)c(F)c(F)c3)C2)ccn1. The molecule has 4 rings (SSSR count). The number of carbonyl (C=O) groups excluding carboxylic acids is 1. The summed E-state index contributed by atoms with van der Waals surface area (Å²) >= 11 is 0. The molecule has 9 heteroatoms. The van der Waals surface area contributed by atoms with Gasteiger partial charge in [-0.3, -0.25) is 9.48 Å². The molecule has 1 aromatic carbocycles. The first-order chi connectivity index (χ1) is 13.9. The van der Waals surface area contributed by atoms with Crippen molar-refractivity contribution in [3.05, 3.63) is 64.7 Å². The second kappa shape index (κ2) is 7.23. The van der Waals surface area contributed by atoms with Gasteiger partial charge in [-0.15, -0.1) is 0 Å². The highest BCUT2D eigenvalue weighted by Gasteiger charge is 2.28. The smallest absolute Gasteiger partial charge is 0.254 e. The first kappa shape index (κ1) is 19.0. The number of hydrogen-bond donors (Lipinski definition) is 0. The number of aryl methyl sites for hydroxylation is 1. The van der Waals surface area contributed by atoms with Crippen molar-refractivity contribution in [2.75, 3.05) is 13.7 Å². The number of halogens is 3. The lowest BCUT2D eigenvalue weighted by Gasteiger charge is -2.26. The third-order valence-corrected chi connectivity index (χ3v) is 4.94. The van der Waals surface area contributed by atoms with Gasteiger partial charge in [0.05, 0.1) is 25.0 Å². The van der Waals surface area contributed by atoms with Gasteiger partial charge in [0.2, 0.25) is 5.88 Å². The summed E-state index contributed by atoms with van der Waals surface area (Å²) in [6, 6.07) is 5.08. The molecule has 29 heavy (non-hydrogen) atoms. The molecule has 0 saturated carbocycles. The van der Waals surface area contributed by atoms with Crippen LogP contribution in [-0.4, -0.2) is 39.2 Å². The summed E-state index contributed by atoms with van der Waals surface area (Å²) in [4.78, 5) is 18.5. The Hall–Kier alpha value is -3.36. The standard InChI is InChI=1S/C20H17F3N4O2/c1-26-19(12-7-14(21)18(23)15(22)8-12)13-4-6-27(10-16(13)25-26)20(28)11-3-5-24-17(9-11)29-2/h3,5,7-9H,4,6,10H2,1-2H3. The number of aromatic nitrogens is 3. The average Bonchev–Trinajstić information content (AvgIpc) is 3.05. The van der Waals surface area contributed by atoms with E-state index in [-0.39, 0.29) is 18.0 Å². The quantitative estimate of drug-likeness (QED) is 0.632. The van der Waals surface area contributed by atoms with Gasteiger partial charge >= 0.3 is 0 Å². The number of benzene rings is 1. The van der Waals surface area contributed by atoms with Gasteiger partial charge in [-0.1, -0.05) is 0 Å². The number of pyridine rings is 1. The Morgan fingerprint density at radius 3 is 2.59 bits per heavy atom. The van der Waals surface area contributed by atoms with Crippen LogP contribution in [0.3, 0.4) is 0 Å². The lowest BCUT2D eigenvalue weighted by molar-refractivity contribution is 0.0732. The van der Waals surface area contributed by atoms with Gasteiger partial charge in [0, 0.05) is 42.5 Å². The Labute approximate surface area is 164 Å². The summed E-state index contributed by atoms with van der Waals surface area (Å²) in [6.45, 7) is 0.653. The molecular weight excluding hydrogens is 385 g/mol. The second-order valence-electron chi connectivity index (χ2n) is 6.71. The lowest BCUT2D eigenvalue weighted by atomic mass is 9.99. The van der Waals surface area contributed by atoms with E-state index in [1.54, 1.807) is 24.1 Å². The predicted molar refractivity (Wildman–Crippen MR) is 97.8 cm³/mol. The lowest BCUT2D eigenvalue weighted by Crippen LogP contribution is -2.36. The van der Waals surface area contributed by atoms with Gasteiger partial charge < -0.3 is 9.64 Å². The molecule has 0 bridgehead atoms. The summed E-state index contributed by atoms with van der Waals surface area (Å²) in [5, 5.41) is 4.42. The molecule has 1 aliphatic rings. The van der Waals surface area contributed by atoms with Gasteiger partial charge in [0.1, 0.15) is 0 Å². The fourth-order valence-corrected chi connectivity index (χ4v) is 3.58. The number of ether oxygens (including phenoxy) is 1. The molecule has 1 amide bonds. The van der Waals surface area contributed by atoms with Gasteiger partial charge in [0.25, 0.3) is 5.91 Å². The van der Waals surface area contributed by atoms with Crippen LogP contribution in [0, 0.1) is 17.5 Å². The molecule has 2 aromatic heterocycles. The Balaban J connectivity index is 1.65. The Kier molecular flexibility index (Phi) is 4.73. The van der Waals surface area contributed by atoms with Crippen LogP contribution in [0.5, 0.6) is 5.88 Å². The first-order valence-corrected chi connectivity index (χ1v) is 8.88. The van der Waals surface area contributed by atoms with Gasteiger partial charge in [-0.2, -0.15) is 5.10 Å². The molecule has 1 aliphatic heterocycles. The van der Waals surface area contributed by atoms with E-state index in [1.165, 1.54) is 18.0 Å². The van der Waals surface area contributed by atoms with Crippen LogP contribution in [0.15, 0.2) is 30.5 Å². The van der Waals surface area contributed by atoms with Crippen molar-refractivity contribution in [1.29, 1.82) is 0 Å². The largest absolute Gasteiger partial charge is 0.481 e. The summed E-state index contributed by atoms with van der Waals surface area (Å²) < 4.78 is 47.3. The third-order valence-electron chi connectivity index (χ3n) is 4.94. The number of hydrogen-bond acceptors (Lipinski definition) is 4. The highest BCUT2D eigenvalue weighted by molar-refractivity contribution is 5.94. The van der Waals surface area contributed by atoms with Crippen molar-refractivity contribution in [2.45, 2.75) is 13.0 Å². The van der Waals surface area contributed by atoms with Gasteiger partial charge in [0.15, 0.2) is 17.5 Å². The maximum absolute atomic E-state index is 13.7. The Morgan fingerprint density at radius 1 is 1.17 bits per heavy atom. The van der Waals surface area contributed by atoms with Crippen molar-refractivity contribution in [3.8, 4) is 17.1 Å². The normalized spacial score (nSPS) is 13.3. The summed E-state index contributed by atoms with van der Waals surface area (Å²) in [5.41, 5.74) is 2.58. The molecule has 150 valence electrons. The molecule has 0 radical (unpaired) electrons. The van der Waals surface area contributed by atoms with E-state index in [4.69, 9.17) is 4.74 Å². The zero-order valence-corrected chi connectivity index (χ0v) is 15.7. The minimum absolute atomic E-state index is 0.192. The van der Waals surface area contributed by atoms with Crippen molar-refractivity contribution >= 4 is 5.91 Å². The maximum atomic E-state index is 13.7. The van der Waals surface area contributed by atoms with E-state index in [2.05, 4.69) is 10.1 Å². The maximum Gasteiger partial charge on any atom is 0.254 e. The van der Waals surface area contributed by atoms with E-state index >= 15 is 0 Å². The zero-order valence-electron chi connectivity index (χ0n) is 15.7. The van der Waals surface area contributed by atoms with Crippen LogP contribution >= 0.6 is 0 Å². The minimum Gasteiger partial charge on any atom is -0.481 e. The summed E-state index contributed by atoms with van der Waals surface area (Å²) in [6.07, 6.45) is 1.95. The molecule has 3 aromatic rings. The summed E-state index contributed by atoms with van der Waals surface area (Å²) in [7, 11) is 3.12. The van der Waals surface area contributed by atoms with Crippen LogP contribution < -0.4 is 4.74 Å². The third kappa shape index (κ3) is 3.32. The van der Waals surface area contributed by atoms with Crippen LogP contribution in [-0.2, 0) is 20.0 Å². The molecule has 6 nitrogen and oxygen atoms in total. The van der Waals surface area contributed by atoms with Crippen LogP contribution in [0.25, 0.3) is 11.3 Å².